The van der Waals surface area contributed by atoms with Crippen molar-refractivity contribution in [1.82, 2.24) is 4.98 Å². The van der Waals surface area contributed by atoms with E-state index in [1.54, 1.807) is 37.6 Å². The molecule has 0 spiro atoms. The summed E-state index contributed by atoms with van der Waals surface area (Å²) in [6.07, 6.45) is 3.03. The Labute approximate surface area is 110 Å². The van der Waals surface area contributed by atoms with Crippen molar-refractivity contribution in [2.45, 2.75) is 0 Å². The average Bonchev–Trinajstić information content (AvgIpc) is 2.95. The number of ether oxygens (including phenoxy) is 1. The lowest BCUT2D eigenvalue weighted by molar-refractivity contribution is 0.0996. The number of rotatable bonds is 6. The number of aromatic nitrogens is 1. The van der Waals surface area contributed by atoms with Gasteiger partial charge in [-0.25, -0.2) is 4.98 Å². The lowest BCUT2D eigenvalue weighted by atomic mass is 10.3. The van der Waals surface area contributed by atoms with Crippen LogP contribution in [0.2, 0.25) is 0 Å². The summed E-state index contributed by atoms with van der Waals surface area (Å²) in [5.74, 6) is 0.697. The first-order valence-corrected chi connectivity index (χ1v) is 5.83. The number of methoxy groups -OCH3 is 1. The molecule has 6 nitrogen and oxygen atoms in total. The number of carbonyl (C=O) groups is 1. The number of carbonyl (C=O) groups excluding carboxylic acids is 1. The predicted molar refractivity (Wildman–Crippen MR) is 71.3 cm³/mol. The lowest BCUT2D eigenvalue weighted by Crippen LogP contribution is -2.12. The predicted octanol–water partition coefficient (Wildman–Crippen LogP) is 1.99. The smallest absolute Gasteiger partial charge is 0.291 e. The average molecular weight is 261 g/mol. The van der Waals surface area contributed by atoms with E-state index in [-0.39, 0.29) is 11.7 Å². The van der Waals surface area contributed by atoms with Crippen LogP contribution in [0.3, 0.4) is 0 Å². The zero-order valence-electron chi connectivity index (χ0n) is 10.6. The molecule has 2 aromatic heterocycles. The van der Waals surface area contributed by atoms with Crippen molar-refractivity contribution in [3.05, 3.63) is 42.5 Å². The topological polar surface area (TPSA) is 76.4 Å². The zero-order chi connectivity index (χ0) is 13.5. The van der Waals surface area contributed by atoms with Crippen LogP contribution in [0.1, 0.15) is 10.6 Å². The molecular weight excluding hydrogens is 246 g/mol. The number of hydrogen-bond acceptors (Lipinski definition) is 5. The third-order valence-electron chi connectivity index (χ3n) is 2.38. The SMILES string of the molecule is COCCNc1ccc(NC(=O)c2ccco2)cn1. The lowest BCUT2D eigenvalue weighted by Gasteiger charge is -2.06. The number of nitrogens with zero attached hydrogens (tertiary/aromatic N) is 1. The Balaban J connectivity index is 1.90. The second kappa shape index (κ2) is 6.55. The highest BCUT2D eigenvalue weighted by Crippen LogP contribution is 2.11. The van der Waals surface area contributed by atoms with Crippen molar-refractivity contribution < 1.29 is 13.9 Å². The molecule has 0 bridgehead atoms. The maximum Gasteiger partial charge on any atom is 0.291 e. The molecule has 0 saturated heterocycles. The molecule has 2 N–H and O–H groups in total. The molecule has 0 aliphatic rings. The van der Waals surface area contributed by atoms with Gasteiger partial charge >= 0.3 is 0 Å². The van der Waals surface area contributed by atoms with Crippen LogP contribution in [0.25, 0.3) is 0 Å². The quantitative estimate of drug-likeness (QED) is 0.778. The zero-order valence-corrected chi connectivity index (χ0v) is 10.6. The van der Waals surface area contributed by atoms with Crippen LogP contribution in [0.15, 0.2) is 41.1 Å². The first kappa shape index (κ1) is 13.1. The summed E-state index contributed by atoms with van der Waals surface area (Å²) >= 11 is 0. The molecule has 0 radical (unpaired) electrons. The highest BCUT2D eigenvalue weighted by Gasteiger charge is 2.08. The van der Waals surface area contributed by atoms with Crippen LogP contribution in [-0.4, -0.2) is 31.2 Å². The Morgan fingerprint density at radius 3 is 2.95 bits per heavy atom. The highest BCUT2D eigenvalue weighted by molar-refractivity contribution is 6.02. The van der Waals surface area contributed by atoms with Gasteiger partial charge in [0.25, 0.3) is 5.91 Å². The van der Waals surface area contributed by atoms with Gasteiger partial charge in [-0.1, -0.05) is 0 Å². The van der Waals surface area contributed by atoms with Gasteiger partial charge in [0.05, 0.1) is 24.8 Å². The summed E-state index contributed by atoms with van der Waals surface area (Å²) in [5.41, 5.74) is 0.610. The summed E-state index contributed by atoms with van der Waals surface area (Å²) in [7, 11) is 1.64. The minimum atomic E-state index is -0.299. The molecule has 0 aromatic carbocycles. The molecule has 0 unspecified atom stereocenters. The van der Waals surface area contributed by atoms with Crippen molar-refractivity contribution in [2.24, 2.45) is 0 Å². The van der Waals surface area contributed by atoms with Crippen molar-refractivity contribution in [3.63, 3.8) is 0 Å². The standard InChI is InChI=1S/C13H15N3O3/c1-18-8-6-14-12-5-4-10(9-15-12)16-13(17)11-3-2-7-19-11/h2-5,7,9H,6,8H2,1H3,(H,14,15)(H,16,17). The van der Waals surface area contributed by atoms with Gasteiger partial charge < -0.3 is 19.8 Å². The van der Waals surface area contributed by atoms with Crippen LogP contribution >= 0.6 is 0 Å². The molecule has 19 heavy (non-hydrogen) atoms. The summed E-state index contributed by atoms with van der Waals surface area (Å²) < 4.78 is 9.92. The Kier molecular flexibility index (Phi) is 4.52. The van der Waals surface area contributed by atoms with Crippen LogP contribution in [-0.2, 0) is 4.74 Å². The van der Waals surface area contributed by atoms with Crippen LogP contribution in [0, 0.1) is 0 Å². The Morgan fingerprint density at radius 1 is 1.42 bits per heavy atom. The van der Waals surface area contributed by atoms with Gasteiger partial charge in [0.1, 0.15) is 5.82 Å². The van der Waals surface area contributed by atoms with E-state index < -0.39 is 0 Å². The van der Waals surface area contributed by atoms with Gasteiger partial charge in [-0.15, -0.1) is 0 Å². The Morgan fingerprint density at radius 2 is 2.32 bits per heavy atom. The summed E-state index contributed by atoms with van der Waals surface area (Å²) in [5, 5.41) is 5.78. The fourth-order valence-electron chi connectivity index (χ4n) is 1.45. The monoisotopic (exact) mass is 261 g/mol. The molecular formula is C13H15N3O3. The van der Waals surface area contributed by atoms with E-state index in [1.807, 2.05) is 0 Å². The Hall–Kier alpha value is -2.34. The second-order valence-electron chi connectivity index (χ2n) is 3.78. The molecule has 100 valence electrons. The minimum absolute atomic E-state index is 0.266. The van der Waals surface area contributed by atoms with Gasteiger partial charge in [0, 0.05) is 13.7 Å². The number of amides is 1. The molecule has 2 heterocycles. The van der Waals surface area contributed by atoms with Crippen molar-refractivity contribution in [3.8, 4) is 0 Å². The largest absolute Gasteiger partial charge is 0.459 e. The van der Waals surface area contributed by atoms with Gasteiger partial charge in [-0.3, -0.25) is 4.79 Å². The Bertz CT molecular complexity index is 508. The summed E-state index contributed by atoms with van der Waals surface area (Å²) in [6, 6.07) is 6.82. The van der Waals surface area contributed by atoms with Crippen LogP contribution < -0.4 is 10.6 Å². The normalized spacial score (nSPS) is 10.2. The fourth-order valence-corrected chi connectivity index (χ4v) is 1.45. The molecule has 2 rings (SSSR count). The van der Waals surface area contributed by atoms with E-state index in [4.69, 9.17) is 9.15 Å². The third kappa shape index (κ3) is 3.82. The maximum absolute atomic E-state index is 11.7. The van der Waals surface area contributed by atoms with E-state index in [2.05, 4.69) is 15.6 Å². The first-order valence-electron chi connectivity index (χ1n) is 5.83. The van der Waals surface area contributed by atoms with E-state index >= 15 is 0 Å². The number of furan rings is 1. The molecule has 0 atom stereocenters. The number of pyridine rings is 1. The van der Waals surface area contributed by atoms with E-state index in [1.165, 1.54) is 6.26 Å². The minimum Gasteiger partial charge on any atom is -0.459 e. The summed E-state index contributed by atoms with van der Waals surface area (Å²) in [6.45, 7) is 1.29. The molecule has 0 aliphatic heterocycles. The van der Waals surface area contributed by atoms with E-state index in [0.717, 1.165) is 5.82 Å². The molecule has 1 amide bonds. The highest BCUT2D eigenvalue weighted by atomic mass is 16.5. The van der Waals surface area contributed by atoms with Crippen molar-refractivity contribution in [2.75, 3.05) is 30.9 Å². The van der Waals surface area contributed by atoms with Gasteiger partial charge in [0.2, 0.25) is 0 Å². The van der Waals surface area contributed by atoms with Crippen LogP contribution in [0.4, 0.5) is 11.5 Å². The molecule has 0 aliphatic carbocycles. The number of hydrogen-bond donors (Lipinski definition) is 2. The van der Waals surface area contributed by atoms with E-state index in [9.17, 15) is 4.79 Å². The number of anilines is 2. The molecule has 2 aromatic rings. The fraction of sp³-hybridized carbons (Fsp3) is 0.231. The van der Waals surface area contributed by atoms with Crippen molar-refractivity contribution in [1.29, 1.82) is 0 Å². The number of nitrogens with one attached hydrogen (secondary N) is 2. The van der Waals surface area contributed by atoms with E-state index in [0.29, 0.717) is 18.8 Å². The van der Waals surface area contributed by atoms with Gasteiger partial charge in [0.15, 0.2) is 5.76 Å². The molecule has 0 saturated carbocycles. The summed E-state index contributed by atoms with van der Waals surface area (Å²) in [4.78, 5) is 15.9. The van der Waals surface area contributed by atoms with Crippen LogP contribution in [0.5, 0.6) is 0 Å². The van der Waals surface area contributed by atoms with Gasteiger partial charge in [-0.2, -0.15) is 0 Å². The maximum atomic E-state index is 11.7. The third-order valence-corrected chi connectivity index (χ3v) is 2.38. The second-order valence-corrected chi connectivity index (χ2v) is 3.78. The molecule has 6 heteroatoms. The van der Waals surface area contributed by atoms with Gasteiger partial charge in [-0.05, 0) is 24.3 Å². The van der Waals surface area contributed by atoms with Crippen molar-refractivity contribution >= 4 is 17.4 Å². The molecule has 0 fully saturated rings. The first-order chi connectivity index (χ1) is 9.29.